The topological polar surface area (TPSA) is 48.4 Å². The highest BCUT2D eigenvalue weighted by atomic mass is 35.5. The summed E-state index contributed by atoms with van der Waals surface area (Å²) in [6.45, 7) is 6.99. The molecule has 0 aromatic heterocycles. The molecule has 5 heteroatoms. The molecule has 26 heavy (non-hydrogen) atoms. The third-order valence-electron chi connectivity index (χ3n) is 5.48. The summed E-state index contributed by atoms with van der Waals surface area (Å²) in [5.41, 5.74) is 5.76. The van der Waals surface area contributed by atoms with Gasteiger partial charge in [-0.2, -0.15) is 0 Å². The van der Waals surface area contributed by atoms with Gasteiger partial charge in [0.2, 0.25) is 0 Å². The molecule has 2 aromatic rings. The summed E-state index contributed by atoms with van der Waals surface area (Å²) in [7, 11) is 0. The maximum Gasteiger partial charge on any atom is 0.128 e. The maximum absolute atomic E-state index is 6.13. The van der Waals surface area contributed by atoms with Crippen molar-refractivity contribution >= 4 is 28.8 Å². The quantitative estimate of drug-likeness (QED) is 0.739. The van der Waals surface area contributed by atoms with Crippen LogP contribution in [0.2, 0.25) is 5.02 Å². The van der Waals surface area contributed by atoms with E-state index in [1.807, 2.05) is 18.2 Å². The van der Waals surface area contributed by atoms with Crippen LogP contribution in [0, 0.1) is 13.8 Å². The van der Waals surface area contributed by atoms with Crippen LogP contribution in [-0.2, 0) is 6.54 Å². The molecule has 0 atom stereocenters. The molecule has 3 N–H and O–H groups in total. The molecule has 1 fully saturated rings. The lowest BCUT2D eigenvalue weighted by Crippen LogP contribution is -2.58. The number of nitrogens with one attached hydrogen (secondary N) is 3. The molecule has 136 valence electrons. The van der Waals surface area contributed by atoms with Crippen LogP contribution in [0.3, 0.4) is 0 Å². The summed E-state index contributed by atoms with van der Waals surface area (Å²) in [5, 5.41) is 11.6. The zero-order valence-electron chi connectivity index (χ0n) is 15.3. The standard InChI is InChI=1S/C21H25ClN4/c1-14-10-18-19(11-15(14)2)26-21(6-8-23-9-7-21)20(25-18)24-13-16-4-3-5-17(22)12-16/h3-5,10-12,23,26H,6-9,13H2,1-2H3,(H,24,25). The van der Waals surface area contributed by atoms with Gasteiger partial charge in [-0.25, -0.2) is 4.99 Å². The van der Waals surface area contributed by atoms with Crippen LogP contribution in [0.25, 0.3) is 0 Å². The Bertz CT molecular complexity index is 853. The number of aliphatic imine (C=N–C) groups is 1. The van der Waals surface area contributed by atoms with Crippen molar-refractivity contribution in [2.24, 2.45) is 4.99 Å². The second-order valence-corrected chi connectivity index (χ2v) is 7.79. The number of aryl methyl sites for hydroxylation is 2. The van der Waals surface area contributed by atoms with E-state index in [4.69, 9.17) is 16.6 Å². The number of fused-ring (bicyclic) bond motifs is 1. The lowest BCUT2D eigenvalue weighted by Gasteiger charge is -2.43. The predicted molar refractivity (Wildman–Crippen MR) is 110 cm³/mol. The highest BCUT2D eigenvalue weighted by Crippen LogP contribution is 2.38. The number of piperidine rings is 1. The minimum absolute atomic E-state index is 0.126. The first-order valence-corrected chi connectivity index (χ1v) is 9.61. The van der Waals surface area contributed by atoms with Crippen molar-refractivity contribution in [2.75, 3.05) is 18.4 Å². The SMILES string of the molecule is Cc1cc2c(cc1C)NC1(CCNCC1)C(NCc1cccc(Cl)c1)=N2. The van der Waals surface area contributed by atoms with E-state index in [1.165, 1.54) is 11.1 Å². The molecule has 0 saturated carbocycles. The van der Waals surface area contributed by atoms with Crippen molar-refractivity contribution in [2.45, 2.75) is 38.8 Å². The van der Waals surface area contributed by atoms with Gasteiger partial charge in [0.25, 0.3) is 0 Å². The van der Waals surface area contributed by atoms with Crippen LogP contribution in [0.4, 0.5) is 11.4 Å². The van der Waals surface area contributed by atoms with E-state index in [2.05, 4.69) is 48.0 Å². The molecule has 2 aromatic carbocycles. The van der Waals surface area contributed by atoms with E-state index in [0.717, 1.165) is 60.3 Å². The number of halogens is 1. The number of amidine groups is 1. The fourth-order valence-corrected chi connectivity index (χ4v) is 4.01. The average Bonchev–Trinajstić information content (AvgIpc) is 2.62. The Balaban J connectivity index is 1.67. The Kier molecular flexibility index (Phi) is 4.63. The summed E-state index contributed by atoms with van der Waals surface area (Å²) in [6, 6.07) is 12.4. The number of anilines is 1. The Labute approximate surface area is 160 Å². The fraction of sp³-hybridized carbons (Fsp3) is 0.381. The monoisotopic (exact) mass is 368 g/mol. The van der Waals surface area contributed by atoms with Crippen LogP contribution >= 0.6 is 11.6 Å². The molecule has 4 rings (SSSR count). The highest BCUT2D eigenvalue weighted by molar-refractivity contribution is 6.30. The smallest absolute Gasteiger partial charge is 0.128 e. The van der Waals surface area contributed by atoms with E-state index in [1.54, 1.807) is 0 Å². The molecule has 1 spiro atoms. The van der Waals surface area contributed by atoms with Gasteiger partial charge in [-0.1, -0.05) is 23.7 Å². The Morgan fingerprint density at radius 2 is 1.88 bits per heavy atom. The predicted octanol–water partition coefficient (Wildman–Crippen LogP) is 4.32. The largest absolute Gasteiger partial charge is 0.371 e. The van der Waals surface area contributed by atoms with Crippen LogP contribution in [-0.4, -0.2) is 24.5 Å². The molecule has 0 amide bonds. The summed E-state index contributed by atoms with van der Waals surface area (Å²) < 4.78 is 0. The first-order chi connectivity index (χ1) is 12.6. The maximum atomic E-state index is 6.13. The summed E-state index contributed by atoms with van der Waals surface area (Å²) >= 11 is 6.13. The van der Waals surface area contributed by atoms with Crippen molar-refractivity contribution in [1.29, 1.82) is 0 Å². The molecule has 2 aliphatic rings. The first-order valence-electron chi connectivity index (χ1n) is 9.23. The van der Waals surface area contributed by atoms with Gasteiger partial charge in [0.1, 0.15) is 5.84 Å². The number of benzene rings is 2. The van der Waals surface area contributed by atoms with E-state index in [-0.39, 0.29) is 5.54 Å². The van der Waals surface area contributed by atoms with Crippen LogP contribution in [0.1, 0.15) is 29.5 Å². The zero-order chi connectivity index (χ0) is 18.1. The third kappa shape index (κ3) is 3.31. The first kappa shape index (κ1) is 17.4. The molecule has 0 bridgehead atoms. The highest BCUT2D eigenvalue weighted by Gasteiger charge is 2.40. The van der Waals surface area contributed by atoms with Gasteiger partial charge in [0.15, 0.2) is 0 Å². The van der Waals surface area contributed by atoms with Crippen molar-refractivity contribution in [1.82, 2.24) is 10.6 Å². The molecule has 4 nitrogen and oxygen atoms in total. The second-order valence-electron chi connectivity index (χ2n) is 7.35. The minimum Gasteiger partial charge on any atom is -0.371 e. The van der Waals surface area contributed by atoms with Gasteiger partial charge in [-0.3, -0.25) is 0 Å². The van der Waals surface area contributed by atoms with Gasteiger partial charge in [-0.05, 0) is 80.7 Å². The number of nitrogens with zero attached hydrogens (tertiary/aromatic N) is 1. The number of hydrogen-bond donors (Lipinski definition) is 3. The van der Waals surface area contributed by atoms with Gasteiger partial charge >= 0.3 is 0 Å². The molecular weight excluding hydrogens is 344 g/mol. The molecule has 1 saturated heterocycles. The average molecular weight is 369 g/mol. The van der Waals surface area contributed by atoms with Gasteiger partial charge in [0, 0.05) is 11.6 Å². The van der Waals surface area contributed by atoms with Gasteiger partial charge < -0.3 is 16.0 Å². The molecule has 0 aliphatic carbocycles. The number of hydrogen-bond acceptors (Lipinski definition) is 4. The van der Waals surface area contributed by atoms with E-state index in [9.17, 15) is 0 Å². The van der Waals surface area contributed by atoms with Gasteiger partial charge in [0.05, 0.1) is 16.9 Å². The van der Waals surface area contributed by atoms with E-state index < -0.39 is 0 Å². The van der Waals surface area contributed by atoms with Crippen LogP contribution < -0.4 is 16.0 Å². The van der Waals surface area contributed by atoms with Crippen LogP contribution in [0.15, 0.2) is 41.4 Å². The van der Waals surface area contributed by atoms with Crippen molar-refractivity contribution in [3.63, 3.8) is 0 Å². The number of rotatable bonds is 2. The minimum atomic E-state index is -0.126. The third-order valence-corrected chi connectivity index (χ3v) is 5.71. The Morgan fingerprint density at radius 3 is 2.65 bits per heavy atom. The Hall–Kier alpha value is -2.04. The van der Waals surface area contributed by atoms with Crippen molar-refractivity contribution < 1.29 is 0 Å². The molecule has 0 radical (unpaired) electrons. The summed E-state index contributed by atoms with van der Waals surface area (Å²) in [5.74, 6) is 1.04. The molecule has 2 aliphatic heterocycles. The Morgan fingerprint density at radius 1 is 1.12 bits per heavy atom. The normalized spacial score (nSPS) is 18.0. The van der Waals surface area contributed by atoms with E-state index >= 15 is 0 Å². The molecule has 0 unspecified atom stereocenters. The second kappa shape index (κ2) is 6.93. The van der Waals surface area contributed by atoms with Crippen molar-refractivity contribution in [3.05, 3.63) is 58.1 Å². The van der Waals surface area contributed by atoms with Crippen LogP contribution in [0.5, 0.6) is 0 Å². The lowest BCUT2D eigenvalue weighted by molar-refractivity contribution is 0.412. The molecular formula is C21H25ClN4. The molecule has 2 heterocycles. The van der Waals surface area contributed by atoms with Gasteiger partial charge in [-0.15, -0.1) is 0 Å². The zero-order valence-corrected chi connectivity index (χ0v) is 16.1. The summed E-state index contributed by atoms with van der Waals surface area (Å²) in [4.78, 5) is 5.04. The fourth-order valence-electron chi connectivity index (χ4n) is 3.79. The van der Waals surface area contributed by atoms with Crippen molar-refractivity contribution in [3.8, 4) is 0 Å². The van der Waals surface area contributed by atoms with E-state index in [0.29, 0.717) is 0 Å². The lowest BCUT2D eigenvalue weighted by atomic mass is 9.84. The summed E-state index contributed by atoms with van der Waals surface area (Å²) in [6.07, 6.45) is 2.03.